The van der Waals surface area contributed by atoms with Crippen LogP contribution in [0.3, 0.4) is 0 Å². The van der Waals surface area contributed by atoms with Crippen LogP contribution in [0.2, 0.25) is 0 Å². The van der Waals surface area contributed by atoms with Gasteiger partial charge in [0.25, 0.3) is 0 Å². The van der Waals surface area contributed by atoms with Gasteiger partial charge in [-0.1, -0.05) is 104 Å². The molecule has 0 aliphatic carbocycles. The summed E-state index contributed by atoms with van der Waals surface area (Å²) >= 11 is 0. The molecule has 0 aliphatic rings. The highest BCUT2D eigenvalue weighted by Gasteiger charge is 2.20. The summed E-state index contributed by atoms with van der Waals surface area (Å²) in [6.07, 6.45) is 24.0. The highest BCUT2D eigenvalue weighted by atomic mass is 31.2. The van der Waals surface area contributed by atoms with Crippen LogP contribution in [0.15, 0.2) is 0 Å². The predicted molar refractivity (Wildman–Crippen MR) is 113 cm³/mol. The van der Waals surface area contributed by atoms with Gasteiger partial charge in [-0.05, 0) is 19.3 Å². The summed E-state index contributed by atoms with van der Waals surface area (Å²) in [5.41, 5.74) is 0. The Bertz CT molecular complexity index is 268. The van der Waals surface area contributed by atoms with Crippen molar-refractivity contribution in [1.29, 1.82) is 0 Å². The van der Waals surface area contributed by atoms with Gasteiger partial charge in [0.2, 0.25) is 0 Å². The van der Waals surface area contributed by atoms with Crippen LogP contribution in [0, 0.1) is 0 Å². The Balaban J connectivity index is 4.01. The van der Waals surface area contributed by atoms with Crippen LogP contribution in [-0.2, 0) is 4.57 Å². The molecule has 0 heterocycles. The third-order valence-corrected chi connectivity index (χ3v) is 8.65. The van der Waals surface area contributed by atoms with Crippen molar-refractivity contribution in [2.45, 2.75) is 124 Å². The first kappa shape index (κ1) is 24.2. The average molecular weight is 359 g/mol. The molecule has 0 N–H and O–H groups in total. The van der Waals surface area contributed by atoms with Crippen molar-refractivity contribution in [3.05, 3.63) is 0 Å². The van der Waals surface area contributed by atoms with Gasteiger partial charge in [-0.2, -0.15) is 0 Å². The minimum absolute atomic E-state index is 1.04. The second-order valence-corrected chi connectivity index (χ2v) is 11.3. The zero-order chi connectivity index (χ0) is 17.9. The topological polar surface area (TPSA) is 17.1 Å². The van der Waals surface area contributed by atoms with E-state index in [1.54, 1.807) is 0 Å². The van der Waals surface area contributed by atoms with Gasteiger partial charge in [0.15, 0.2) is 0 Å². The fraction of sp³-hybridized carbons (Fsp3) is 1.00. The SMILES string of the molecule is CCCCCCCCP(=O)(CCCCCC)CCCCCCCC. The Morgan fingerprint density at radius 2 is 0.667 bits per heavy atom. The predicted octanol–water partition coefficient (Wildman–Crippen LogP) is 8.65. The summed E-state index contributed by atoms with van der Waals surface area (Å²) in [5, 5.41) is 0. The monoisotopic (exact) mass is 358 g/mol. The van der Waals surface area contributed by atoms with E-state index in [0.717, 1.165) is 18.5 Å². The maximum Gasteiger partial charge on any atom is 0.0877 e. The van der Waals surface area contributed by atoms with E-state index in [0.29, 0.717) is 0 Å². The summed E-state index contributed by atoms with van der Waals surface area (Å²) in [4.78, 5) is 0. The molecule has 0 fully saturated rings. The van der Waals surface area contributed by atoms with Crippen molar-refractivity contribution in [1.82, 2.24) is 0 Å². The first-order chi connectivity index (χ1) is 11.7. The molecule has 0 saturated heterocycles. The molecular formula is C22H47OP. The second-order valence-electron chi connectivity index (χ2n) is 7.83. The van der Waals surface area contributed by atoms with Gasteiger partial charge in [-0.25, -0.2) is 0 Å². The molecule has 0 aliphatic heterocycles. The first-order valence-corrected chi connectivity index (χ1v) is 13.5. The van der Waals surface area contributed by atoms with E-state index in [1.165, 1.54) is 103 Å². The first-order valence-electron chi connectivity index (χ1n) is 11.3. The zero-order valence-corrected chi connectivity index (χ0v) is 18.2. The summed E-state index contributed by atoms with van der Waals surface area (Å²) in [7, 11) is -1.87. The Hall–Kier alpha value is 0.230. The Morgan fingerprint density at radius 1 is 0.417 bits per heavy atom. The van der Waals surface area contributed by atoms with Crippen LogP contribution in [0.25, 0.3) is 0 Å². The van der Waals surface area contributed by atoms with Gasteiger partial charge in [-0.15, -0.1) is 0 Å². The van der Waals surface area contributed by atoms with Gasteiger partial charge in [0.05, 0.1) is 7.14 Å². The van der Waals surface area contributed by atoms with Gasteiger partial charge in [-0.3, -0.25) is 0 Å². The van der Waals surface area contributed by atoms with E-state index >= 15 is 0 Å². The molecule has 1 nitrogen and oxygen atoms in total. The summed E-state index contributed by atoms with van der Waals surface area (Å²) in [6.45, 7) is 6.79. The van der Waals surface area contributed by atoms with E-state index < -0.39 is 7.14 Å². The fourth-order valence-corrected chi connectivity index (χ4v) is 6.59. The van der Waals surface area contributed by atoms with Gasteiger partial charge < -0.3 is 4.57 Å². The number of hydrogen-bond acceptors (Lipinski definition) is 1. The van der Waals surface area contributed by atoms with Gasteiger partial charge >= 0.3 is 0 Å². The largest absolute Gasteiger partial charge is 0.324 e. The normalized spacial score (nSPS) is 12.0. The second kappa shape index (κ2) is 18.0. The van der Waals surface area contributed by atoms with Crippen molar-refractivity contribution in [3.63, 3.8) is 0 Å². The molecule has 0 amide bonds. The fourth-order valence-electron chi connectivity index (χ4n) is 3.52. The van der Waals surface area contributed by atoms with E-state index in [1.807, 2.05) is 0 Å². The molecule has 0 unspecified atom stereocenters. The quantitative estimate of drug-likeness (QED) is 0.167. The lowest BCUT2D eigenvalue weighted by molar-refractivity contribution is 0.557. The summed E-state index contributed by atoms with van der Waals surface area (Å²) in [5.74, 6) is 0. The molecule has 0 atom stereocenters. The minimum Gasteiger partial charge on any atom is -0.324 e. The molecule has 0 aromatic carbocycles. The van der Waals surface area contributed by atoms with Crippen molar-refractivity contribution >= 4 is 7.14 Å². The van der Waals surface area contributed by atoms with Crippen LogP contribution in [0.4, 0.5) is 0 Å². The third-order valence-electron chi connectivity index (χ3n) is 5.26. The lowest BCUT2D eigenvalue weighted by atomic mass is 10.1. The summed E-state index contributed by atoms with van der Waals surface area (Å²) < 4.78 is 13.4. The molecule has 0 saturated carbocycles. The highest BCUT2D eigenvalue weighted by molar-refractivity contribution is 7.63. The van der Waals surface area contributed by atoms with Crippen LogP contribution in [-0.4, -0.2) is 18.5 Å². The lowest BCUT2D eigenvalue weighted by Crippen LogP contribution is -2.02. The van der Waals surface area contributed by atoms with E-state index in [4.69, 9.17) is 0 Å². The van der Waals surface area contributed by atoms with Crippen molar-refractivity contribution in [3.8, 4) is 0 Å². The van der Waals surface area contributed by atoms with Crippen LogP contribution in [0.5, 0.6) is 0 Å². The van der Waals surface area contributed by atoms with E-state index in [2.05, 4.69) is 20.8 Å². The Kier molecular flexibility index (Phi) is 18.2. The number of unbranched alkanes of at least 4 members (excludes halogenated alkanes) is 13. The lowest BCUT2D eigenvalue weighted by Gasteiger charge is -2.18. The number of rotatable bonds is 19. The smallest absolute Gasteiger partial charge is 0.0877 e. The molecule has 0 aromatic heterocycles. The zero-order valence-electron chi connectivity index (χ0n) is 17.3. The molecule has 146 valence electrons. The number of hydrogen-bond donors (Lipinski definition) is 0. The molecule has 0 bridgehead atoms. The highest BCUT2D eigenvalue weighted by Crippen LogP contribution is 2.48. The van der Waals surface area contributed by atoms with Gasteiger partial charge in [0.1, 0.15) is 0 Å². The Labute approximate surface area is 154 Å². The van der Waals surface area contributed by atoms with Crippen molar-refractivity contribution in [2.24, 2.45) is 0 Å². The molecule has 0 radical (unpaired) electrons. The Morgan fingerprint density at radius 3 is 1.00 bits per heavy atom. The summed E-state index contributed by atoms with van der Waals surface area (Å²) in [6, 6.07) is 0. The molecular weight excluding hydrogens is 311 g/mol. The minimum atomic E-state index is -1.87. The van der Waals surface area contributed by atoms with E-state index in [9.17, 15) is 4.57 Å². The third kappa shape index (κ3) is 15.7. The maximum absolute atomic E-state index is 13.4. The average Bonchev–Trinajstić information content (AvgIpc) is 2.58. The standard InChI is InChI=1S/C22H47OP/c1-4-7-10-13-15-18-21-24(23,20-17-12-9-6-3)22-19-16-14-11-8-5-2/h4-22H2,1-3H3. The van der Waals surface area contributed by atoms with Crippen LogP contribution < -0.4 is 0 Å². The molecule has 0 spiro atoms. The van der Waals surface area contributed by atoms with Crippen molar-refractivity contribution in [2.75, 3.05) is 18.5 Å². The van der Waals surface area contributed by atoms with Crippen molar-refractivity contribution < 1.29 is 4.57 Å². The van der Waals surface area contributed by atoms with Crippen LogP contribution in [0.1, 0.15) is 124 Å². The molecule has 24 heavy (non-hydrogen) atoms. The molecule has 0 aromatic rings. The van der Waals surface area contributed by atoms with E-state index in [-0.39, 0.29) is 0 Å². The van der Waals surface area contributed by atoms with Gasteiger partial charge in [0, 0.05) is 18.5 Å². The molecule has 2 heteroatoms. The van der Waals surface area contributed by atoms with Crippen LogP contribution >= 0.6 is 7.14 Å². The molecule has 0 rings (SSSR count). The maximum atomic E-state index is 13.4.